The summed E-state index contributed by atoms with van der Waals surface area (Å²) in [6.45, 7) is 7.92. The number of thiol groups is 1. The summed E-state index contributed by atoms with van der Waals surface area (Å²) in [7, 11) is 0. The molecular formula is C14H20ClNS. The van der Waals surface area contributed by atoms with Crippen molar-refractivity contribution < 1.29 is 0 Å². The van der Waals surface area contributed by atoms with Crippen LogP contribution in [0.1, 0.15) is 25.8 Å². The fraction of sp³-hybridized carbons (Fsp3) is 0.571. The first-order chi connectivity index (χ1) is 8.06. The topological polar surface area (TPSA) is 3.24 Å². The lowest BCUT2D eigenvalue weighted by Gasteiger charge is -2.35. The Labute approximate surface area is 115 Å². The molecule has 0 bridgehead atoms. The van der Waals surface area contributed by atoms with Gasteiger partial charge in [0.15, 0.2) is 0 Å². The number of halogens is 1. The van der Waals surface area contributed by atoms with Crippen LogP contribution in [0.4, 0.5) is 0 Å². The zero-order valence-corrected chi connectivity index (χ0v) is 12.1. The van der Waals surface area contributed by atoms with Crippen LogP contribution in [0.3, 0.4) is 0 Å². The van der Waals surface area contributed by atoms with Gasteiger partial charge in [0.1, 0.15) is 0 Å². The molecule has 0 saturated carbocycles. The monoisotopic (exact) mass is 269 g/mol. The molecule has 1 heterocycles. The van der Waals surface area contributed by atoms with E-state index in [0.717, 1.165) is 28.3 Å². The maximum absolute atomic E-state index is 6.25. The SMILES string of the molecule is CC1CC(C)CN(Cc2c(S)cccc2Cl)C1. The molecule has 2 rings (SSSR count). The van der Waals surface area contributed by atoms with E-state index < -0.39 is 0 Å². The molecule has 1 saturated heterocycles. The first-order valence-electron chi connectivity index (χ1n) is 6.25. The quantitative estimate of drug-likeness (QED) is 0.791. The Kier molecular flexibility index (Phi) is 4.40. The van der Waals surface area contributed by atoms with Crippen LogP contribution in [-0.2, 0) is 6.54 Å². The Morgan fingerprint density at radius 1 is 1.29 bits per heavy atom. The van der Waals surface area contributed by atoms with E-state index >= 15 is 0 Å². The standard InChI is InChI=1S/C14H20ClNS/c1-10-6-11(2)8-16(7-10)9-12-13(15)4-3-5-14(12)17/h3-5,10-11,17H,6-9H2,1-2H3. The molecule has 94 valence electrons. The largest absolute Gasteiger partial charge is 0.298 e. The van der Waals surface area contributed by atoms with Crippen molar-refractivity contribution in [2.75, 3.05) is 13.1 Å². The fourth-order valence-electron chi connectivity index (χ4n) is 2.85. The molecule has 0 amide bonds. The average molecular weight is 270 g/mol. The number of nitrogens with zero attached hydrogens (tertiary/aromatic N) is 1. The Bertz CT molecular complexity index is 364. The number of piperidine rings is 1. The maximum atomic E-state index is 6.25. The van der Waals surface area contributed by atoms with E-state index in [4.69, 9.17) is 11.6 Å². The second kappa shape index (κ2) is 5.64. The van der Waals surface area contributed by atoms with Crippen molar-refractivity contribution in [3.05, 3.63) is 28.8 Å². The molecule has 2 atom stereocenters. The highest BCUT2D eigenvalue weighted by molar-refractivity contribution is 7.80. The summed E-state index contributed by atoms with van der Waals surface area (Å²) in [5, 5.41) is 0.836. The van der Waals surface area contributed by atoms with Crippen LogP contribution in [0.15, 0.2) is 23.1 Å². The number of hydrogen-bond acceptors (Lipinski definition) is 2. The van der Waals surface area contributed by atoms with Gasteiger partial charge in [-0.1, -0.05) is 31.5 Å². The van der Waals surface area contributed by atoms with Gasteiger partial charge in [-0.3, -0.25) is 4.90 Å². The third-order valence-electron chi connectivity index (χ3n) is 3.42. The zero-order valence-electron chi connectivity index (χ0n) is 10.5. The predicted octanol–water partition coefficient (Wildman–Crippen LogP) is 4.11. The summed E-state index contributed by atoms with van der Waals surface area (Å²) < 4.78 is 0. The highest BCUT2D eigenvalue weighted by Gasteiger charge is 2.22. The summed E-state index contributed by atoms with van der Waals surface area (Å²) in [6, 6.07) is 5.92. The molecule has 1 aromatic rings. The molecule has 1 fully saturated rings. The highest BCUT2D eigenvalue weighted by Crippen LogP contribution is 2.28. The summed E-state index contributed by atoms with van der Waals surface area (Å²) >= 11 is 10.7. The van der Waals surface area contributed by atoms with Crippen molar-refractivity contribution in [1.82, 2.24) is 4.90 Å². The normalized spacial score (nSPS) is 26.1. The number of likely N-dealkylation sites (tertiary alicyclic amines) is 1. The minimum atomic E-state index is 0.782. The summed E-state index contributed by atoms with van der Waals surface area (Å²) in [6.07, 6.45) is 1.34. The van der Waals surface area contributed by atoms with Crippen LogP contribution in [-0.4, -0.2) is 18.0 Å². The second-order valence-corrected chi connectivity index (χ2v) is 6.27. The molecule has 0 aliphatic carbocycles. The van der Waals surface area contributed by atoms with Gasteiger partial charge in [0.05, 0.1) is 0 Å². The van der Waals surface area contributed by atoms with Gasteiger partial charge in [0.2, 0.25) is 0 Å². The van der Waals surface area contributed by atoms with Gasteiger partial charge in [-0.15, -0.1) is 12.6 Å². The summed E-state index contributed by atoms with van der Waals surface area (Å²) in [4.78, 5) is 3.50. The van der Waals surface area contributed by atoms with Gasteiger partial charge in [-0.2, -0.15) is 0 Å². The molecule has 1 aromatic carbocycles. The van der Waals surface area contributed by atoms with Crippen molar-refractivity contribution in [3.8, 4) is 0 Å². The first-order valence-corrected chi connectivity index (χ1v) is 7.07. The van der Waals surface area contributed by atoms with E-state index in [2.05, 4.69) is 31.4 Å². The molecule has 1 nitrogen and oxygen atoms in total. The fourth-order valence-corrected chi connectivity index (χ4v) is 3.43. The third kappa shape index (κ3) is 3.40. The number of rotatable bonds is 2. The van der Waals surface area contributed by atoms with E-state index in [0.29, 0.717) is 0 Å². The Balaban J connectivity index is 2.10. The summed E-state index contributed by atoms with van der Waals surface area (Å²) in [5.74, 6) is 1.56. The molecule has 3 heteroatoms. The molecule has 17 heavy (non-hydrogen) atoms. The van der Waals surface area contributed by atoms with Crippen LogP contribution in [0, 0.1) is 11.8 Å². The minimum absolute atomic E-state index is 0.782. The van der Waals surface area contributed by atoms with Crippen molar-refractivity contribution >= 4 is 24.2 Å². The van der Waals surface area contributed by atoms with Crippen LogP contribution < -0.4 is 0 Å². The third-order valence-corrected chi connectivity index (χ3v) is 4.19. The Hall–Kier alpha value is -0.180. The van der Waals surface area contributed by atoms with Gasteiger partial charge >= 0.3 is 0 Å². The number of hydrogen-bond donors (Lipinski definition) is 1. The van der Waals surface area contributed by atoms with Crippen molar-refractivity contribution in [3.63, 3.8) is 0 Å². The van der Waals surface area contributed by atoms with E-state index in [1.54, 1.807) is 0 Å². The van der Waals surface area contributed by atoms with E-state index in [-0.39, 0.29) is 0 Å². The Morgan fingerprint density at radius 3 is 2.53 bits per heavy atom. The lowest BCUT2D eigenvalue weighted by molar-refractivity contribution is 0.133. The second-order valence-electron chi connectivity index (χ2n) is 5.38. The van der Waals surface area contributed by atoms with E-state index in [9.17, 15) is 0 Å². The van der Waals surface area contributed by atoms with Crippen LogP contribution in [0.25, 0.3) is 0 Å². The Morgan fingerprint density at radius 2 is 1.94 bits per heavy atom. The maximum Gasteiger partial charge on any atom is 0.0462 e. The van der Waals surface area contributed by atoms with Gasteiger partial charge < -0.3 is 0 Å². The van der Waals surface area contributed by atoms with Crippen LogP contribution in [0.5, 0.6) is 0 Å². The molecule has 2 unspecified atom stereocenters. The molecule has 0 radical (unpaired) electrons. The van der Waals surface area contributed by atoms with Gasteiger partial charge in [-0.25, -0.2) is 0 Å². The number of benzene rings is 1. The van der Waals surface area contributed by atoms with Crippen molar-refractivity contribution in [2.24, 2.45) is 11.8 Å². The van der Waals surface area contributed by atoms with E-state index in [1.165, 1.54) is 25.1 Å². The highest BCUT2D eigenvalue weighted by atomic mass is 35.5. The minimum Gasteiger partial charge on any atom is -0.298 e. The lowest BCUT2D eigenvalue weighted by Crippen LogP contribution is -2.38. The van der Waals surface area contributed by atoms with Gasteiger partial charge in [-0.05, 0) is 36.0 Å². The van der Waals surface area contributed by atoms with Gasteiger partial charge in [0.25, 0.3) is 0 Å². The first kappa shape index (κ1) is 13.3. The summed E-state index contributed by atoms with van der Waals surface area (Å²) in [5.41, 5.74) is 1.17. The predicted molar refractivity (Wildman–Crippen MR) is 76.9 cm³/mol. The average Bonchev–Trinajstić information content (AvgIpc) is 2.22. The van der Waals surface area contributed by atoms with Crippen LogP contribution >= 0.6 is 24.2 Å². The zero-order chi connectivity index (χ0) is 12.4. The molecular weight excluding hydrogens is 250 g/mol. The van der Waals surface area contributed by atoms with Gasteiger partial charge in [0, 0.05) is 29.6 Å². The lowest BCUT2D eigenvalue weighted by atomic mass is 9.91. The molecule has 1 aliphatic heterocycles. The van der Waals surface area contributed by atoms with E-state index in [1.807, 2.05) is 18.2 Å². The van der Waals surface area contributed by atoms with Crippen molar-refractivity contribution in [1.29, 1.82) is 0 Å². The molecule has 0 N–H and O–H groups in total. The molecule has 1 aliphatic rings. The van der Waals surface area contributed by atoms with Crippen LogP contribution in [0.2, 0.25) is 5.02 Å². The smallest absolute Gasteiger partial charge is 0.0462 e. The van der Waals surface area contributed by atoms with Crippen molar-refractivity contribution in [2.45, 2.75) is 31.7 Å². The molecule has 0 aromatic heterocycles. The molecule has 0 spiro atoms.